The number of hydrogen-bond donors (Lipinski definition) is 0. The normalized spacial score (nSPS) is 20.0. The minimum atomic E-state index is -3.65. The van der Waals surface area contributed by atoms with Gasteiger partial charge >= 0.3 is 0 Å². The molecule has 0 aliphatic carbocycles. The van der Waals surface area contributed by atoms with Gasteiger partial charge < -0.3 is 9.74 Å². The number of oxime groups is 1. The van der Waals surface area contributed by atoms with Crippen LogP contribution in [0.25, 0.3) is 11.1 Å². The van der Waals surface area contributed by atoms with E-state index in [1.807, 2.05) is 11.9 Å². The fourth-order valence-electron chi connectivity index (χ4n) is 4.44. The summed E-state index contributed by atoms with van der Waals surface area (Å²) in [5.74, 6) is -2.12. The minimum absolute atomic E-state index is 0.0107. The van der Waals surface area contributed by atoms with Crippen molar-refractivity contribution in [1.29, 1.82) is 0 Å². The number of halogens is 2. The Morgan fingerprint density at radius 3 is 2.53 bits per heavy atom. The molecule has 2 aromatic heterocycles. The van der Waals surface area contributed by atoms with Crippen LogP contribution in [0.2, 0.25) is 0 Å². The summed E-state index contributed by atoms with van der Waals surface area (Å²) in [6, 6.07) is 5.63. The maximum atomic E-state index is 15.0. The van der Waals surface area contributed by atoms with Crippen LogP contribution in [0.5, 0.6) is 0 Å². The monoisotopic (exact) mass is 488 g/mol. The maximum Gasteiger partial charge on any atom is 0.203 e. The maximum absolute atomic E-state index is 15.0. The van der Waals surface area contributed by atoms with Gasteiger partial charge in [-0.1, -0.05) is 16.4 Å². The molecule has 12 heteroatoms. The molecule has 0 unspecified atom stereocenters. The van der Waals surface area contributed by atoms with E-state index in [1.54, 1.807) is 17.8 Å². The standard InChI is InChI=1S/C22H22F2N6O3S/c1-22(12-29(2)13-22)34(31,32)19-6-3-14(10-25-19)16-4-5-17(21(24)20(16)23)18-9-15(33-27-18)11-30-8-7-26-28-30/h3-8,10,15H,9,11-13H2,1-2H3/t15-/m1/s1. The second kappa shape index (κ2) is 8.20. The van der Waals surface area contributed by atoms with Crippen LogP contribution in [0, 0.1) is 11.6 Å². The van der Waals surface area contributed by atoms with Gasteiger partial charge in [-0.25, -0.2) is 26.9 Å². The summed E-state index contributed by atoms with van der Waals surface area (Å²) in [7, 11) is -1.81. The van der Waals surface area contributed by atoms with Crippen LogP contribution in [0.4, 0.5) is 8.78 Å². The van der Waals surface area contributed by atoms with E-state index in [4.69, 9.17) is 4.84 Å². The molecule has 0 saturated carbocycles. The molecule has 0 spiro atoms. The van der Waals surface area contributed by atoms with E-state index < -0.39 is 26.2 Å². The quantitative estimate of drug-likeness (QED) is 0.525. The summed E-state index contributed by atoms with van der Waals surface area (Å²) in [6.45, 7) is 2.88. The number of hydrogen-bond acceptors (Lipinski definition) is 8. The minimum Gasteiger partial charge on any atom is -0.390 e. The van der Waals surface area contributed by atoms with E-state index in [9.17, 15) is 17.2 Å². The molecule has 5 rings (SSSR count). The third-order valence-corrected chi connectivity index (χ3v) is 8.52. The van der Waals surface area contributed by atoms with Crippen LogP contribution in [-0.4, -0.2) is 70.0 Å². The Balaban J connectivity index is 1.35. The van der Waals surface area contributed by atoms with Crippen molar-refractivity contribution in [2.45, 2.75) is 35.8 Å². The van der Waals surface area contributed by atoms with Crippen molar-refractivity contribution in [1.82, 2.24) is 24.9 Å². The molecule has 2 aliphatic rings. The molecule has 3 aromatic rings. The first-order valence-electron chi connectivity index (χ1n) is 10.6. The van der Waals surface area contributed by atoms with Gasteiger partial charge in [0.15, 0.2) is 22.8 Å². The lowest BCUT2D eigenvalue weighted by Gasteiger charge is -2.44. The fraction of sp³-hybridized carbons (Fsp3) is 0.364. The topological polar surface area (TPSA) is 103 Å². The van der Waals surface area contributed by atoms with Gasteiger partial charge in [0.05, 0.1) is 18.5 Å². The molecule has 178 valence electrons. The molecule has 1 aromatic carbocycles. The molecule has 9 nitrogen and oxygen atoms in total. The zero-order chi connectivity index (χ0) is 24.1. The number of nitrogens with zero attached hydrogens (tertiary/aromatic N) is 6. The summed E-state index contributed by atoms with van der Waals surface area (Å²) < 4.78 is 56.4. The Bertz CT molecular complexity index is 1350. The zero-order valence-corrected chi connectivity index (χ0v) is 19.3. The first-order valence-corrected chi connectivity index (χ1v) is 12.1. The fourth-order valence-corrected chi connectivity index (χ4v) is 6.16. The van der Waals surface area contributed by atoms with E-state index in [0.29, 0.717) is 25.3 Å². The lowest BCUT2D eigenvalue weighted by Crippen LogP contribution is -2.62. The average molecular weight is 489 g/mol. The molecule has 1 atom stereocenters. The second-order valence-corrected chi connectivity index (χ2v) is 11.3. The van der Waals surface area contributed by atoms with Crippen LogP contribution in [-0.2, 0) is 21.2 Å². The number of aromatic nitrogens is 4. The molecule has 0 bridgehead atoms. The van der Waals surface area contributed by atoms with Crippen molar-refractivity contribution in [3.8, 4) is 11.1 Å². The second-order valence-electron chi connectivity index (χ2n) is 8.89. The van der Waals surface area contributed by atoms with Crippen molar-refractivity contribution >= 4 is 15.5 Å². The van der Waals surface area contributed by atoms with Crippen LogP contribution in [0.3, 0.4) is 0 Å². The van der Waals surface area contributed by atoms with E-state index in [-0.39, 0.29) is 34.2 Å². The van der Waals surface area contributed by atoms with Crippen molar-refractivity contribution in [2.24, 2.45) is 5.16 Å². The van der Waals surface area contributed by atoms with Crippen LogP contribution in [0.15, 0.2) is 53.0 Å². The molecule has 34 heavy (non-hydrogen) atoms. The Morgan fingerprint density at radius 2 is 1.88 bits per heavy atom. The molecule has 0 radical (unpaired) electrons. The molecule has 0 amide bonds. The van der Waals surface area contributed by atoms with Gasteiger partial charge in [0, 0.05) is 48.6 Å². The van der Waals surface area contributed by atoms with Crippen LogP contribution >= 0.6 is 0 Å². The van der Waals surface area contributed by atoms with Gasteiger partial charge in [0.25, 0.3) is 0 Å². The Hall–Kier alpha value is -3.25. The lowest BCUT2D eigenvalue weighted by molar-refractivity contribution is 0.0693. The van der Waals surface area contributed by atoms with E-state index in [2.05, 4.69) is 20.5 Å². The Kier molecular flexibility index (Phi) is 5.44. The highest BCUT2D eigenvalue weighted by atomic mass is 32.2. The number of pyridine rings is 1. The first-order chi connectivity index (χ1) is 16.2. The SMILES string of the molecule is CN1CC(C)(S(=O)(=O)c2ccc(-c3ccc(C4=NO[C@@H](Cn5ccnn5)C4)c(F)c3F)cn2)C1. The summed E-state index contributed by atoms with van der Waals surface area (Å²) in [5.41, 5.74) is 0.556. The van der Waals surface area contributed by atoms with Gasteiger partial charge in [-0.3, -0.25) is 0 Å². The predicted molar refractivity (Wildman–Crippen MR) is 119 cm³/mol. The van der Waals surface area contributed by atoms with Crippen molar-refractivity contribution in [3.63, 3.8) is 0 Å². The molecule has 1 saturated heterocycles. The molecule has 4 heterocycles. The van der Waals surface area contributed by atoms with Crippen molar-refractivity contribution in [3.05, 3.63) is 60.1 Å². The van der Waals surface area contributed by atoms with E-state index in [0.717, 1.165) is 0 Å². The molecule has 0 N–H and O–H groups in total. The van der Waals surface area contributed by atoms with Gasteiger partial charge in [-0.2, -0.15) is 0 Å². The molecular formula is C22H22F2N6O3S. The molecule has 1 fully saturated rings. The third kappa shape index (κ3) is 3.76. The first kappa shape index (κ1) is 22.5. The summed E-state index contributed by atoms with van der Waals surface area (Å²) in [5, 5.41) is 11.4. The van der Waals surface area contributed by atoms with Gasteiger partial charge in [0.1, 0.15) is 4.75 Å². The van der Waals surface area contributed by atoms with Gasteiger partial charge in [-0.15, -0.1) is 5.10 Å². The number of benzene rings is 1. The summed E-state index contributed by atoms with van der Waals surface area (Å²) >= 11 is 0. The Labute approximate surface area is 195 Å². The van der Waals surface area contributed by atoms with E-state index in [1.165, 1.54) is 36.7 Å². The third-order valence-electron chi connectivity index (χ3n) is 6.17. The predicted octanol–water partition coefficient (Wildman–Crippen LogP) is 2.29. The smallest absolute Gasteiger partial charge is 0.203 e. The highest BCUT2D eigenvalue weighted by molar-refractivity contribution is 7.92. The Morgan fingerprint density at radius 1 is 1.15 bits per heavy atom. The number of rotatable bonds is 6. The largest absolute Gasteiger partial charge is 0.390 e. The van der Waals surface area contributed by atoms with Crippen LogP contribution in [0.1, 0.15) is 18.9 Å². The molecule has 2 aliphatic heterocycles. The van der Waals surface area contributed by atoms with Gasteiger partial charge in [0.2, 0.25) is 9.84 Å². The van der Waals surface area contributed by atoms with Gasteiger partial charge in [-0.05, 0) is 32.2 Å². The van der Waals surface area contributed by atoms with Crippen LogP contribution < -0.4 is 0 Å². The van der Waals surface area contributed by atoms with Crippen molar-refractivity contribution in [2.75, 3.05) is 20.1 Å². The zero-order valence-electron chi connectivity index (χ0n) is 18.5. The number of likely N-dealkylation sites (tertiary alicyclic amines) is 1. The highest BCUT2D eigenvalue weighted by Gasteiger charge is 2.49. The van der Waals surface area contributed by atoms with Crippen molar-refractivity contribution < 1.29 is 22.0 Å². The number of sulfone groups is 1. The average Bonchev–Trinajstić information content (AvgIpc) is 3.47. The highest BCUT2D eigenvalue weighted by Crippen LogP contribution is 2.34. The lowest BCUT2D eigenvalue weighted by atomic mass is 9.99. The summed E-state index contributed by atoms with van der Waals surface area (Å²) in [6.07, 6.45) is 4.38. The summed E-state index contributed by atoms with van der Waals surface area (Å²) in [4.78, 5) is 11.3. The van der Waals surface area contributed by atoms with E-state index >= 15 is 0 Å². The molecular weight excluding hydrogens is 466 g/mol.